The highest BCUT2D eigenvalue weighted by Crippen LogP contribution is 2.38. The molecular formula is C26H27N7O5S. The fourth-order valence-electron chi connectivity index (χ4n) is 3.69. The number of benzene rings is 1. The van der Waals surface area contributed by atoms with Crippen molar-refractivity contribution in [1.29, 1.82) is 0 Å². The number of carbonyl (C=O) groups excluding carboxylic acids is 2. The van der Waals surface area contributed by atoms with Crippen LogP contribution in [0.4, 0.5) is 9.93 Å². The van der Waals surface area contributed by atoms with E-state index in [4.69, 9.17) is 9.84 Å². The van der Waals surface area contributed by atoms with Crippen molar-refractivity contribution in [3.63, 3.8) is 0 Å². The van der Waals surface area contributed by atoms with Crippen LogP contribution >= 0.6 is 11.3 Å². The Hall–Kier alpha value is -4.49. The van der Waals surface area contributed by atoms with Crippen LogP contribution in [0.3, 0.4) is 0 Å². The van der Waals surface area contributed by atoms with E-state index in [1.54, 1.807) is 32.4 Å². The van der Waals surface area contributed by atoms with Crippen molar-refractivity contribution in [3.05, 3.63) is 54.7 Å². The van der Waals surface area contributed by atoms with Crippen molar-refractivity contribution in [2.24, 2.45) is 0 Å². The van der Waals surface area contributed by atoms with E-state index < -0.39 is 17.5 Å². The molecule has 3 aromatic heterocycles. The van der Waals surface area contributed by atoms with Gasteiger partial charge in [0.1, 0.15) is 0 Å². The number of esters is 1. The van der Waals surface area contributed by atoms with E-state index in [-0.39, 0.29) is 24.9 Å². The second kappa shape index (κ2) is 11.9. The lowest BCUT2D eigenvalue weighted by atomic mass is 10.0. The molecule has 1 aromatic carbocycles. The Morgan fingerprint density at radius 1 is 1.05 bits per heavy atom. The van der Waals surface area contributed by atoms with Gasteiger partial charge in [-0.25, -0.2) is 19.7 Å². The molecule has 0 aliphatic rings. The number of ether oxygens (including phenoxy) is 1. The molecule has 4 aromatic rings. The standard InChI is InChI=1S/C26H27N7O5S/c1-4-28-24(37)33-25-32-19-10-15(9-17(22(19)39-25)18-7-5-6-8-29-18)16-11-30-23(31-12-16)26(2,3)38-21(36)14-27-13-20(34)35/h5-12,27H,4,13-14H2,1-3H3,(H,34,35)(H2,28,32,33,37). The Labute approximate surface area is 227 Å². The molecule has 3 heterocycles. The predicted octanol–water partition coefficient (Wildman–Crippen LogP) is 3.41. The van der Waals surface area contributed by atoms with Gasteiger partial charge in [-0.3, -0.25) is 25.2 Å². The number of rotatable bonds is 10. The van der Waals surface area contributed by atoms with Gasteiger partial charge in [-0.15, -0.1) is 0 Å². The van der Waals surface area contributed by atoms with Crippen molar-refractivity contribution in [1.82, 2.24) is 30.6 Å². The molecule has 0 aliphatic heterocycles. The van der Waals surface area contributed by atoms with Crippen molar-refractivity contribution in [2.75, 3.05) is 25.0 Å². The third-order valence-electron chi connectivity index (χ3n) is 5.43. The van der Waals surface area contributed by atoms with E-state index in [1.807, 2.05) is 37.3 Å². The molecule has 0 atom stereocenters. The molecule has 0 saturated heterocycles. The first-order valence-electron chi connectivity index (χ1n) is 12.0. The first kappa shape index (κ1) is 27.5. The molecule has 0 bridgehead atoms. The maximum atomic E-state index is 12.1. The molecule has 0 aliphatic carbocycles. The zero-order valence-electron chi connectivity index (χ0n) is 21.5. The molecule has 202 valence electrons. The molecule has 2 amide bonds. The molecule has 13 heteroatoms. The zero-order chi connectivity index (χ0) is 28.0. The second-order valence-electron chi connectivity index (χ2n) is 8.87. The van der Waals surface area contributed by atoms with Gasteiger partial charge in [-0.05, 0) is 50.6 Å². The fourth-order valence-corrected chi connectivity index (χ4v) is 4.66. The average molecular weight is 550 g/mol. The summed E-state index contributed by atoms with van der Waals surface area (Å²) in [5.74, 6) is -1.41. The Balaban J connectivity index is 1.63. The fraction of sp³-hybridized carbons (Fsp3) is 0.269. The van der Waals surface area contributed by atoms with E-state index in [0.29, 0.717) is 22.8 Å². The minimum atomic E-state index is -1.14. The number of carboxylic acid groups (broad SMARTS) is 1. The number of hydrogen-bond acceptors (Lipinski definition) is 10. The molecule has 0 fully saturated rings. The van der Waals surface area contributed by atoms with Crippen LogP contribution in [0.2, 0.25) is 0 Å². The molecule has 0 spiro atoms. The van der Waals surface area contributed by atoms with Gasteiger partial charge < -0.3 is 15.2 Å². The number of urea groups is 1. The highest BCUT2D eigenvalue weighted by atomic mass is 32.1. The molecule has 0 saturated carbocycles. The number of hydrogen-bond donors (Lipinski definition) is 4. The number of nitrogens with one attached hydrogen (secondary N) is 3. The van der Waals surface area contributed by atoms with Crippen LogP contribution in [0, 0.1) is 0 Å². The normalized spacial score (nSPS) is 11.3. The summed E-state index contributed by atoms with van der Waals surface area (Å²) in [4.78, 5) is 52.8. The van der Waals surface area contributed by atoms with Crippen molar-refractivity contribution in [2.45, 2.75) is 26.4 Å². The highest BCUT2D eigenvalue weighted by Gasteiger charge is 2.28. The van der Waals surface area contributed by atoms with E-state index >= 15 is 0 Å². The molecule has 12 nitrogen and oxygen atoms in total. The summed E-state index contributed by atoms with van der Waals surface area (Å²) in [6, 6.07) is 9.16. The number of pyridine rings is 1. The topological polar surface area (TPSA) is 168 Å². The van der Waals surface area contributed by atoms with Crippen LogP contribution in [-0.2, 0) is 19.9 Å². The summed E-state index contributed by atoms with van der Waals surface area (Å²) in [6.45, 7) is 5.03. The van der Waals surface area contributed by atoms with E-state index in [1.165, 1.54) is 11.3 Å². The summed E-state index contributed by atoms with van der Waals surface area (Å²) < 4.78 is 6.33. The van der Waals surface area contributed by atoms with Gasteiger partial charge in [0.2, 0.25) is 0 Å². The number of anilines is 1. The Morgan fingerprint density at radius 3 is 2.49 bits per heavy atom. The number of carboxylic acids is 1. The quantitative estimate of drug-likeness (QED) is 0.215. The first-order valence-corrected chi connectivity index (χ1v) is 12.9. The summed E-state index contributed by atoms with van der Waals surface area (Å²) in [6.07, 6.45) is 4.97. The largest absolute Gasteiger partial charge is 0.480 e. The van der Waals surface area contributed by atoms with Crippen LogP contribution < -0.4 is 16.0 Å². The molecule has 4 N–H and O–H groups in total. The summed E-state index contributed by atoms with van der Waals surface area (Å²) >= 11 is 1.35. The third-order valence-corrected chi connectivity index (χ3v) is 6.45. The van der Waals surface area contributed by atoms with E-state index in [0.717, 1.165) is 21.5 Å². The molecular weight excluding hydrogens is 522 g/mol. The van der Waals surface area contributed by atoms with E-state index in [2.05, 4.69) is 35.9 Å². The van der Waals surface area contributed by atoms with Gasteiger partial charge in [0.25, 0.3) is 0 Å². The number of nitrogens with zero attached hydrogens (tertiary/aromatic N) is 4. The Morgan fingerprint density at radius 2 is 1.82 bits per heavy atom. The number of aliphatic carboxylic acids is 1. The molecule has 4 rings (SSSR count). The number of aromatic nitrogens is 4. The van der Waals surface area contributed by atoms with E-state index in [9.17, 15) is 14.4 Å². The van der Waals surface area contributed by atoms with Gasteiger partial charge in [0.05, 0.1) is 29.0 Å². The monoisotopic (exact) mass is 549 g/mol. The number of thiazole rings is 1. The molecule has 39 heavy (non-hydrogen) atoms. The van der Waals surface area contributed by atoms with Crippen LogP contribution in [0.15, 0.2) is 48.9 Å². The first-order chi connectivity index (χ1) is 18.7. The number of amides is 2. The van der Waals surface area contributed by atoms with Crippen LogP contribution in [0.25, 0.3) is 32.6 Å². The number of fused-ring (bicyclic) bond motifs is 1. The van der Waals surface area contributed by atoms with Gasteiger partial charge >= 0.3 is 18.0 Å². The minimum Gasteiger partial charge on any atom is -0.480 e. The van der Waals surface area contributed by atoms with Gasteiger partial charge in [-0.2, -0.15) is 0 Å². The maximum Gasteiger partial charge on any atom is 0.321 e. The predicted molar refractivity (Wildman–Crippen MR) is 146 cm³/mol. The third kappa shape index (κ3) is 6.89. The van der Waals surface area contributed by atoms with Gasteiger partial charge in [0, 0.05) is 36.3 Å². The summed E-state index contributed by atoms with van der Waals surface area (Å²) in [7, 11) is 0. The molecule has 0 radical (unpaired) electrons. The number of carbonyl (C=O) groups is 3. The minimum absolute atomic E-state index is 0.255. The van der Waals surface area contributed by atoms with Gasteiger partial charge in [-0.1, -0.05) is 17.4 Å². The lowest BCUT2D eigenvalue weighted by Gasteiger charge is -2.23. The average Bonchev–Trinajstić information content (AvgIpc) is 3.30. The summed E-state index contributed by atoms with van der Waals surface area (Å²) in [5, 5.41) is 17.1. The Kier molecular flexibility index (Phi) is 8.42. The zero-order valence-corrected chi connectivity index (χ0v) is 22.3. The van der Waals surface area contributed by atoms with Gasteiger partial charge in [0.15, 0.2) is 16.6 Å². The van der Waals surface area contributed by atoms with Crippen LogP contribution in [-0.4, -0.2) is 62.6 Å². The van der Waals surface area contributed by atoms with Crippen molar-refractivity contribution in [3.8, 4) is 22.4 Å². The Bertz CT molecular complexity index is 1490. The summed E-state index contributed by atoms with van der Waals surface area (Å²) in [5.41, 5.74) is 2.62. The lowest BCUT2D eigenvalue weighted by molar-refractivity contribution is -0.157. The smallest absolute Gasteiger partial charge is 0.321 e. The van der Waals surface area contributed by atoms with Crippen LogP contribution in [0.1, 0.15) is 26.6 Å². The lowest BCUT2D eigenvalue weighted by Crippen LogP contribution is -2.35. The SMILES string of the molecule is CCNC(=O)Nc1nc2cc(-c3cnc(C(C)(C)OC(=O)CNCC(=O)O)nc3)cc(-c3ccccn3)c2s1. The molecule has 0 unspecified atom stereocenters. The van der Waals surface area contributed by atoms with Crippen molar-refractivity contribution >= 4 is 44.7 Å². The van der Waals surface area contributed by atoms with Crippen molar-refractivity contribution < 1.29 is 24.2 Å². The maximum absolute atomic E-state index is 12.1. The highest BCUT2D eigenvalue weighted by molar-refractivity contribution is 7.22. The second-order valence-corrected chi connectivity index (χ2v) is 9.87. The van der Waals surface area contributed by atoms with Crippen LogP contribution in [0.5, 0.6) is 0 Å².